The maximum Gasteiger partial charge on any atom is 0.222 e. The van der Waals surface area contributed by atoms with Gasteiger partial charge in [0.2, 0.25) is 5.91 Å². The van der Waals surface area contributed by atoms with Crippen molar-refractivity contribution in [2.45, 2.75) is 30.3 Å². The summed E-state index contributed by atoms with van der Waals surface area (Å²) in [4.78, 5) is 29.0. The molecule has 2 aliphatic heterocycles. The summed E-state index contributed by atoms with van der Waals surface area (Å²) in [6.45, 7) is 3.22. The van der Waals surface area contributed by atoms with E-state index in [0.29, 0.717) is 11.6 Å². The summed E-state index contributed by atoms with van der Waals surface area (Å²) in [5, 5.41) is 4.65. The Morgan fingerprint density at radius 2 is 1.21 bits per heavy atom. The molecule has 4 aromatic heterocycles. The topological polar surface area (TPSA) is 117 Å². The smallest absolute Gasteiger partial charge is 0.222 e. The summed E-state index contributed by atoms with van der Waals surface area (Å²) in [5.41, 5.74) is 13.1. The van der Waals surface area contributed by atoms with Crippen molar-refractivity contribution in [2.24, 2.45) is 0 Å². The van der Waals surface area contributed by atoms with Crippen molar-refractivity contribution in [1.29, 1.82) is 0 Å². The number of nitrogens with one attached hydrogen (secondary N) is 1. The van der Waals surface area contributed by atoms with Crippen molar-refractivity contribution in [3.8, 4) is 45.0 Å². The van der Waals surface area contributed by atoms with Crippen LogP contribution in [0.3, 0.4) is 0 Å². The second kappa shape index (κ2) is 13.0. The fourth-order valence-corrected chi connectivity index (χ4v) is 7.48. The highest BCUT2D eigenvalue weighted by molar-refractivity contribution is 7.99. The molecular formula is C34H28F2N8OS2. The van der Waals surface area contributed by atoms with E-state index in [4.69, 9.17) is 15.7 Å². The fourth-order valence-electron chi connectivity index (χ4n) is 5.58. The van der Waals surface area contributed by atoms with E-state index in [1.54, 1.807) is 60.2 Å². The van der Waals surface area contributed by atoms with Gasteiger partial charge in [-0.15, -0.1) is 0 Å². The zero-order valence-corrected chi connectivity index (χ0v) is 26.8. The number of nitrogen functional groups attached to an aromatic ring is 1. The molecule has 0 saturated heterocycles. The molecule has 0 unspecified atom stereocenters. The molecule has 236 valence electrons. The first-order valence-corrected chi connectivity index (χ1v) is 16.8. The second-order valence-electron chi connectivity index (χ2n) is 10.8. The van der Waals surface area contributed by atoms with Gasteiger partial charge < -0.3 is 20.2 Å². The van der Waals surface area contributed by atoms with E-state index >= 15 is 0 Å². The molecule has 6 heterocycles. The number of fused-ring (bicyclic) bond motifs is 2. The van der Waals surface area contributed by atoms with Crippen LogP contribution in [0, 0.1) is 11.6 Å². The number of nitrogens with zero attached hydrogens (tertiary/aromatic N) is 6. The highest BCUT2D eigenvalue weighted by atomic mass is 32.2. The molecule has 9 nitrogen and oxygen atoms in total. The second-order valence-corrected chi connectivity index (χ2v) is 12.9. The lowest BCUT2D eigenvalue weighted by atomic mass is 10.1. The number of carbonyl (C=O) groups is 1. The van der Waals surface area contributed by atoms with Gasteiger partial charge >= 0.3 is 0 Å². The summed E-state index contributed by atoms with van der Waals surface area (Å²) in [7, 11) is 0. The highest BCUT2D eigenvalue weighted by Crippen LogP contribution is 2.40. The lowest BCUT2D eigenvalue weighted by Crippen LogP contribution is -2.07. The first kappa shape index (κ1) is 30.6. The minimum Gasteiger partial charge on any atom is -0.384 e. The average Bonchev–Trinajstić information content (AvgIpc) is 3.84. The molecule has 0 fully saturated rings. The van der Waals surface area contributed by atoms with Gasteiger partial charge in [-0.1, -0.05) is 23.5 Å². The van der Waals surface area contributed by atoms with Crippen LogP contribution < -0.4 is 11.1 Å². The van der Waals surface area contributed by atoms with E-state index in [1.807, 2.05) is 24.3 Å². The predicted octanol–water partition coefficient (Wildman–Crippen LogP) is 7.25. The van der Waals surface area contributed by atoms with Crippen LogP contribution in [0.15, 0.2) is 95.5 Å². The number of anilines is 2. The number of imidazole rings is 2. The molecule has 6 aromatic rings. The molecular weight excluding hydrogens is 639 g/mol. The lowest BCUT2D eigenvalue weighted by molar-refractivity contribution is -0.114. The number of nitrogens with two attached hydrogens (primary N) is 1. The van der Waals surface area contributed by atoms with E-state index in [9.17, 15) is 13.6 Å². The molecule has 1 amide bonds. The van der Waals surface area contributed by atoms with Gasteiger partial charge in [0.05, 0.1) is 22.8 Å². The van der Waals surface area contributed by atoms with Crippen molar-refractivity contribution in [3.05, 3.63) is 96.8 Å². The molecule has 2 aliphatic rings. The van der Waals surface area contributed by atoms with Crippen molar-refractivity contribution in [1.82, 2.24) is 29.1 Å². The van der Waals surface area contributed by atoms with E-state index in [1.165, 1.54) is 31.2 Å². The molecule has 47 heavy (non-hydrogen) atoms. The maximum atomic E-state index is 13.3. The normalized spacial score (nSPS) is 13.1. The van der Waals surface area contributed by atoms with Crippen LogP contribution in [-0.2, 0) is 17.9 Å². The first-order valence-electron chi connectivity index (χ1n) is 14.8. The zero-order valence-electron chi connectivity index (χ0n) is 25.2. The number of aromatic nitrogens is 6. The van der Waals surface area contributed by atoms with E-state index in [-0.39, 0.29) is 17.5 Å². The van der Waals surface area contributed by atoms with Crippen molar-refractivity contribution < 1.29 is 13.6 Å². The molecule has 0 bridgehead atoms. The number of thioether (sulfide) groups is 2. The molecule has 2 aromatic carbocycles. The molecule has 8 rings (SSSR count). The Labute approximate surface area is 277 Å². The Bertz CT molecular complexity index is 2100. The van der Waals surface area contributed by atoms with Gasteiger partial charge in [-0.05, 0) is 72.8 Å². The Morgan fingerprint density at radius 1 is 0.723 bits per heavy atom. The number of hydrogen-bond donors (Lipinski definition) is 2. The lowest BCUT2D eigenvalue weighted by Gasteiger charge is -2.10. The maximum absolute atomic E-state index is 13.3. The molecule has 0 spiro atoms. The van der Waals surface area contributed by atoms with Gasteiger partial charge in [-0.2, -0.15) is 0 Å². The van der Waals surface area contributed by atoms with E-state index in [2.05, 4.69) is 24.4 Å². The average molecular weight is 667 g/mol. The molecule has 0 atom stereocenters. The third kappa shape index (κ3) is 6.36. The van der Waals surface area contributed by atoms with E-state index < -0.39 is 0 Å². The zero-order chi connectivity index (χ0) is 32.5. The van der Waals surface area contributed by atoms with Gasteiger partial charge in [-0.3, -0.25) is 4.79 Å². The third-order valence-corrected chi connectivity index (χ3v) is 9.50. The summed E-state index contributed by atoms with van der Waals surface area (Å²) in [6.07, 6.45) is 3.36. The highest BCUT2D eigenvalue weighted by Gasteiger charge is 2.25. The molecule has 0 aliphatic carbocycles. The number of pyridine rings is 2. The monoisotopic (exact) mass is 666 g/mol. The minimum absolute atomic E-state index is 0.169. The van der Waals surface area contributed by atoms with Crippen LogP contribution in [0.25, 0.3) is 45.0 Å². The van der Waals surface area contributed by atoms with E-state index in [0.717, 1.165) is 79.9 Å². The number of benzene rings is 2. The number of carbonyl (C=O) groups excluding carboxylic acids is 1. The standard InChI is InChI=1S/C18H15FN4OS.C16H13FN4S/c1-11(24)21-15-10-13(6-7-20-15)17-16(12-2-4-14(19)5-3-12)22-18-23(17)8-9-25-18;17-12-3-1-10(2-4-12)14-15(11-5-6-19-13(18)9-11)21-7-8-22-16(21)20-14/h2-7,10H,8-9H2,1H3,(H,20,21,24);1-6,9H,7-8H2,(H2,18,19). The summed E-state index contributed by atoms with van der Waals surface area (Å²) in [5.74, 6) is 2.27. The largest absolute Gasteiger partial charge is 0.384 e. The Balaban J connectivity index is 0.000000151. The fraction of sp³-hybridized carbons (Fsp3) is 0.147. The number of halogens is 2. The van der Waals surface area contributed by atoms with Crippen LogP contribution in [-0.4, -0.2) is 46.5 Å². The Kier molecular flexibility index (Phi) is 8.48. The number of rotatable bonds is 5. The Morgan fingerprint density at radius 3 is 1.70 bits per heavy atom. The predicted molar refractivity (Wildman–Crippen MR) is 182 cm³/mol. The van der Waals surface area contributed by atoms with Crippen molar-refractivity contribution >= 4 is 41.1 Å². The summed E-state index contributed by atoms with van der Waals surface area (Å²) < 4.78 is 30.8. The van der Waals surface area contributed by atoms with Crippen molar-refractivity contribution in [3.63, 3.8) is 0 Å². The molecule has 3 N–H and O–H groups in total. The quantitative estimate of drug-likeness (QED) is 0.198. The van der Waals surface area contributed by atoms with Crippen LogP contribution in [0.2, 0.25) is 0 Å². The van der Waals surface area contributed by atoms with Gasteiger partial charge in [0.1, 0.15) is 23.3 Å². The molecule has 13 heteroatoms. The number of amides is 1. The van der Waals surface area contributed by atoms with Gasteiger partial charge in [0.15, 0.2) is 10.3 Å². The summed E-state index contributed by atoms with van der Waals surface area (Å²) in [6, 6.07) is 20.3. The van der Waals surface area contributed by atoms with Crippen LogP contribution in [0.4, 0.5) is 20.4 Å². The van der Waals surface area contributed by atoms with Gasteiger partial charge in [0, 0.05) is 66.2 Å². The molecule has 0 radical (unpaired) electrons. The third-order valence-electron chi connectivity index (χ3n) is 7.58. The first-order chi connectivity index (χ1) is 22.8. The van der Waals surface area contributed by atoms with Crippen molar-refractivity contribution in [2.75, 3.05) is 22.6 Å². The van der Waals surface area contributed by atoms with Crippen LogP contribution in [0.5, 0.6) is 0 Å². The van der Waals surface area contributed by atoms with Gasteiger partial charge in [-0.25, -0.2) is 28.7 Å². The minimum atomic E-state index is -0.275. The number of hydrogen-bond acceptors (Lipinski definition) is 8. The summed E-state index contributed by atoms with van der Waals surface area (Å²) >= 11 is 3.43. The SMILES string of the molecule is CC(=O)Nc1cc(-c2c(-c3ccc(F)cc3)nc3n2CCS3)ccn1.Nc1cc(-c2c(-c3ccc(F)cc3)nc3n2CCS3)ccn1. The van der Waals surface area contributed by atoms with Crippen LogP contribution in [0.1, 0.15) is 6.92 Å². The van der Waals surface area contributed by atoms with Crippen LogP contribution >= 0.6 is 23.5 Å². The Hall–Kier alpha value is -5.01. The van der Waals surface area contributed by atoms with Gasteiger partial charge in [0.25, 0.3) is 0 Å². The molecule has 0 saturated carbocycles.